The Bertz CT molecular complexity index is 680. The van der Waals surface area contributed by atoms with E-state index in [0.29, 0.717) is 16.1 Å². The van der Waals surface area contributed by atoms with E-state index in [1.54, 1.807) is 36.7 Å². The van der Waals surface area contributed by atoms with E-state index in [4.69, 9.17) is 0 Å². The number of rotatable bonds is 6. The zero-order chi connectivity index (χ0) is 16.8. The third kappa shape index (κ3) is 4.39. The average molecular weight is 331 g/mol. The second kappa shape index (κ2) is 7.87. The maximum atomic E-state index is 12.2. The van der Waals surface area contributed by atoms with E-state index in [1.165, 1.54) is 0 Å². The van der Waals surface area contributed by atoms with E-state index in [0.717, 1.165) is 18.9 Å². The lowest BCUT2D eigenvalue weighted by molar-refractivity contribution is 0.102. The Kier molecular flexibility index (Phi) is 5.87. The normalized spacial score (nSPS) is 11.8. The van der Waals surface area contributed by atoms with Gasteiger partial charge in [0.2, 0.25) is 0 Å². The summed E-state index contributed by atoms with van der Waals surface area (Å²) in [6, 6.07) is 10.5. The van der Waals surface area contributed by atoms with Gasteiger partial charge in [0, 0.05) is 40.6 Å². The Labute approximate surface area is 139 Å². The summed E-state index contributed by atoms with van der Waals surface area (Å²) < 4.78 is 11.4. The molecule has 0 unspecified atom stereocenters. The Morgan fingerprint density at radius 2 is 1.78 bits per heavy atom. The van der Waals surface area contributed by atoms with Crippen molar-refractivity contribution in [1.82, 2.24) is 4.98 Å². The molecule has 5 nitrogen and oxygen atoms in total. The molecule has 0 aliphatic heterocycles. The second-order valence-electron chi connectivity index (χ2n) is 5.01. The van der Waals surface area contributed by atoms with Crippen molar-refractivity contribution >= 4 is 28.2 Å². The highest BCUT2D eigenvalue weighted by Crippen LogP contribution is 2.15. The van der Waals surface area contributed by atoms with Crippen molar-refractivity contribution in [2.45, 2.75) is 18.7 Å². The van der Waals surface area contributed by atoms with Crippen molar-refractivity contribution in [3.05, 3.63) is 48.2 Å². The third-order valence-electron chi connectivity index (χ3n) is 3.54. The van der Waals surface area contributed by atoms with E-state index in [-0.39, 0.29) is 5.91 Å². The molecule has 1 N–H and O–H groups in total. The predicted molar refractivity (Wildman–Crippen MR) is 94.5 cm³/mol. The van der Waals surface area contributed by atoms with Gasteiger partial charge in [-0.25, -0.2) is 4.98 Å². The predicted octanol–water partition coefficient (Wildman–Crippen LogP) is 2.92. The van der Waals surface area contributed by atoms with Crippen LogP contribution in [-0.4, -0.2) is 34.4 Å². The molecule has 1 aromatic heterocycles. The fraction of sp³-hybridized carbons (Fsp3) is 0.294. The molecule has 23 heavy (non-hydrogen) atoms. The van der Waals surface area contributed by atoms with Gasteiger partial charge in [0.05, 0.1) is 11.9 Å². The molecule has 0 radical (unpaired) electrons. The molecule has 0 fully saturated rings. The molecule has 0 aliphatic rings. The smallest absolute Gasteiger partial charge is 0.255 e. The number of carbonyl (C=O) groups excluding carboxylic acids is 1. The second-order valence-corrected chi connectivity index (χ2v) is 6.39. The number of hydrogen-bond acceptors (Lipinski definition) is 4. The van der Waals surface area contributed by atoms with Gasteiger partial charge in [-0.05, 0) is 50.2 Å². The first kappa shape index (κ1) is 17.1. The Morgan fingerprint density at radius 1 is 1.13 bits per heavy atom. The summed E-state index contributed by atoms with van der Waals surface area (Å²) in [7, 11) is -1.04. The van der Waals surface area contributed by atoms with Crippen LogP contribution in [0.1, 0.15) is 24.2 Å². The van der Waals surface area contributed by atoms with Gasteiger partial charge in [-0.2, -0.15) is 0 Å². The van der Waals surface area contributed by atoms with Gasteiger partial charge >= 0.3 is 0 Å². The number of carbonyl (C=O) groups is 1. The zero-order valence-electron chi connectivity index (χ0n) is 13.6. The first-order chi connectivity index (χ1) is 11.0. The number of pyridine rings is 1. The lowest BCUT2D eigenvalue weighted by Gasteiger charge is -2.19. The molecule has 1 amide bonds. The number of amides is 1. The van der Waals surface area contributed by atoms with Crippen LogP contribution in [0.25, 0.3) is 0 Å². The number of nitrogens with zero attached hydrogens (tertiary/aromatic N) is 2. The van der Waals surface area contributed by atoms with Crippen molar-refractivity contribution in [2.75, 3.05) is 29.6 Å². The first-order valence-electron chi connectivity index (χ1n) is 7.51. The summed E-state index contributed by atoms with van der Waals surface area (Å²) in [6.07, 6.45) is 3.26. The summed E-state index contributed by atoms with van der Waals surface area (Å²) in [6.45, 7) is 5.93. The van der Waals surface area contributed by atoms with E-state index >= 15 is 0 Å². The van der Waals surface area contributed by atoms with Crippen molar-refractivity contribution < 1.29 is 9.00 Å². The highest BCUT2D eigenvalue weighted by molar-refractivity contribution is 7.84. The molecule has 6 heteroatoms. The molecule has 2 aromatic rings. The standard InChI is InChI=1S/C17H21N3O2S/c1-4-20(5-2)16-11-8-14(12-18-16)19-17(21)13-6-9-15(10-7-13)23(3)22/h6-12H,4-5H2,1-3H3,(H,19,21)/t23-/m1/s1. The summed E-state index contributed by atoms with van der Waals surface area (Å²) >= 11 is 0. The van der Waals surface area contributed by atoms with Gasteiger partial charge in [0.1, 0.15) is 5.82 Å². The maximum Gasteiger partial charge on any atom is 0.255 e. The maximum absolute atomic E-state index is 12.2. The highest BCUT2D eigenvalue weighted by atomic mass is 32.2. The van der Waals surface area contributed by atoms with E-state index in [1.807, 2.05) is 12.1 Å². The van der Waals surface area contributed by atoms with Crippen LogP contribution in [0.4, 0.5) is 11.5 Å². The van der Waals surface area contributed by atoms with Crippen LogP contribution >= 0.6 is 0 Å². The topological polar surface area (TPSA) is 62.3 Å². The highest BCUT2D eigenvalue weighted by Gasteiger charge is 2.08. The van der Waals surface area contributed by atoms with Crippen LogP contribution in [0.15, 0.2) is 47.5 Å². The van der Waals surface area contributed by atoms with Gasteiger partial charge in [-0.3, -0.25) is 9.00 Å². The summed E-state index contributed by atoms with van der Waals surface area (Å²) in [5, 5.41) is 2.81. The lowest BCUT2D eigenvalue weighted by atomic mass is 10.2. The minimum atomic E-state index is -1.04. The fourth-order valence-corrected chi connectivity index (χ4v) is 2.72. The van der Waals surface area contributed by atoms with Crippen molar-refractivity contribution in [2.24, 2.45) is 0 Å². The molecule has 0 bridgehead atoms. The first-order valence-corrected chi connectivity index (χ1v) is 9.06. The average Bonchev–Trinajstić information content (AvgIpc) is 2.57. The zero-order valence-corrected chi connectivity index (χ0v) is 14.4. The summed E-state index contributed by atoms with van der Waals surface area (Å²) in [4.78, 5) is 19.4. The molecular formula is C17H21N3O2S. The molecule has 0 saturated heterocycles. The number of anilines is 2. The molecule has 1 aromatic carbocycles. The van der Waals surface area contributed by atoms with Crippen LogP contribution in [0.5, 0.6) is 0 Å². The quantitative estimate of drug-likeness (QED) is 0.884. The molecule has 122 valence electrons. The van der Waals surface area contributed by atoms with Crippen molar-refractivity contribution in [1.29, 1.82) is 0 Å². The van der Waals surface area contributed by atoms with Gasteiger partial charge in [0.25, 0.3) is 5.91 Å². The van der Waals surface area contributed by atoms with Gasteiger partial charge < -0.3 is 10.2 Å². The third-order valence-corrected chi connectivity index (χ3v) is 4.48. The van der Waals surface area contributed by atoms with Crippen molar-refractivity contribution in [3.8, 4) is 0 Å². The van der Waals surface area contributed by atoms with E-state index in [2.05, 4.69) is 29.0 Å². The number of benzene rings is 1. The van der Waals surface area contributed by atoms with E-state index < -0.39 is 10.8 Å². The molecule has 1 heterocycles. The van der Waals surface area contributed by atoms with Crippen LogP contribution in [-0.2, 0) is 10.8 Å². The van der Waals surface area contributed by atoms with Gasteiger partial charge in [-0.1, -0.05) is 0 Å². The SMILES string of the molecule is CCN(CC)c1ccc(NC(=O)c2ccc([S@@](C)=O)cc2)cn1. The van der Waals surface area contributed by atoms with Crippen molar-refractivity contribution in [3.63, 3.8) is 0 Å². The van der Waals surface area contributed by atoms with Crippen LogP contribution in [0.2, 0.25) is 0 Å². The Balaban J connectivity index is 2.06. The largest absolute Gasteiger partial charge is 0.357 e. The minimum Gasteiger partial charge on any atom is -0.357 e. The van der Waals surface area contributed by atoms with Gasteiger partial charge in [0.15, 0.2) is 0 Å². The summed E-state index contributed by atoms with van der Waals surface area (Å²) in [5.41, 5.74) is 1.17. The number of hydrogen-bond donors (Lipinski definition) is 1. The Morgan fingerprint density at radius 3 is 2.26 bits per heavy atom. The number of nitrogens with one attached hydrogen (secondary N) is 1. The van der Waals surface area contributed by atoms with Gasteiger partial charge in [-0.15, -0.1) is 0 Å². The lowest BCUT2D eigenvalue weighted by Crippen LogP contribution is -2.22. The molecule has 2 rings (SSSR count). The van der Waals surface area contributed by atoms with Crippen LogP contribution < -0.4 is 10.2 Å². The molecule has 1 atom stereocenters. The molecule has 0 spiro atoms. The fourth-order valence-electron chi connectivity index (χ4n) is 2.20. The monoisotopic (exact) mass is 331 g/mol. The molecule has 0 saturated carbocycles. The molecule has 0 aliphatic carbocycles. The van der Waals surface area contributed by atoms with Crippen LogP contribution in [0, 0.1) is 0 Å². The van der Waals surface area contributed by atoms with E-state index in [9.17, 15) is 9.00 Å². The Hall–Kier alpha value is -2.21. The number of aromatic nitrogens is 1. The molecular weight excluding hydrogens is 310 g/mol. The van der Waals surface area contributed by atoms with Crippen LogP contribution in [0.3, 0.4) is 0 Å². The summed E-state index contributed by atoms with van der Waals surface area (Å²) in [5.74, 6) is 0.679. The minimum absolute atomic E-state index is 0.212.